The first-order valence-corrected chi connectivity index (χ1v) is 7.28. The molecular weight excluding hydrogens is 278 g/mol. The lowest BCUT2D eigenvalue weighted by Gasteiger charge is -2.19. The number of rotatable bonds is 7. The molecule has 6 nitrogen and oxygen atoms in total. The van der Waals surface area contributed by atoms with Crippen LogP contribution in [0.5, 0.6) is 5.75 Å². The van der Waals surface area contributed by atoms with E-state index >= 15 is 0 Å². The van der Waals surface area contributed by atoms with Crippen LogP contribution in [-0.2, 0) is 10.3 Å². The Bertz CT molecular complexity index is 551. The Labute approximate surface area is 121 Å². The Morgan fingerprint density at radius 3 is 2.95 bits per heavy atom. The summed E-state index contributed by atoms with van der Waals surface area (Å²) in [5.74, 6) is 1.66. The van der Waals surface area contributed by atoms with Crippen LogP contribution in [0.15, 0.2) is 16.0 Å². The maximum Gasteiger partial charge on any atom is 0.268 e. The molecule has 2 aromatic heterocycles. The van der Waals surface area contributed by atoms with E-state index in [1.165, 1.54) is 11.3 Å². The van der Waals surface area contributed by atoms with Gasteiger partial charge >= 0.3 is 0 Å². The number of aromatic nitrogens is 2. The highest BCUT2D eigenvalue weighted by atomic mass is 32.1. The lowest BCUT2D eigenvalue weighted by atomic mass is 10.1. The fraction of sp³-hybridized carbons (Fsp3) is 0.538. The minimum atomic E-state index is -0.766. The molecule has 0 aliphatic heterocycles. The summed E-state index contributed by atoms with van der Waals surface area (Å²) in [6.45, 7) is 4.89. The van der Waals surface area contributed by atoms with E-state index < -0.39 is 5.54 Å². The van der Waals surface area contributed by atoms with Crippen molar-refractivity contribution in [3.8, 4) is 16.5 Å². The van der Waals surface area contributed by atoms with Gasteiger partial charge in [-0.2, -0.15) is 4.98 Å². The van der Waals surface area contributed by atoms with Crippen LogP contribution in [-0.4, -0.2) is 30.5 Å². The average Bonchev–Trinajstić information content (AvgIpc) is 3.07. The highest BCUT2D eigenvalue weighted by Crippen LogP contribution is 2.30. The lowest BCUT2D eigenvalue weighted by molar-refractivity contribution is 0.0867. The lowest BCUT2D eigenvalue weighted by Crippen LogP contribution is -2.39. The summed E-state index contributed by atoms with van der Waals surface area (Å²) in [5, 5.41) is 5.83. The van der Waals surface area contributed by atoms with Crippen molar-refractivity contribution in [3.63, 3.8) is 0 Å². The zero-order valence-corrected chi connectivity index (χ0v) is 12.7. The zero-order chi connectivity index (χ0) is 14.6. The molecule has 0 fully saturated rings. The third-order valence-corrected chi connectivity index (χ3v) is 3.61. The first kappa shape index (κ1) is 15.0. The summed E-state index contributed by atoms with van der Waals surface area (Å²) in [4.78, 5) is 5.20. The van der Waals surface area contributed by atoms with E-state index in [0.717, 1.165) is 17.0 Å². The molecular formula is C13H19N3O3S. The molecule has 0 aliphatic rings. The smallest absolute Gasteiger partial charge is 0.268 e. The van der Waals surface area contributed by atoms with Crippen LogP contribution in [0.1, 0.15) is 26.1 Å². The standard InChI is InChI=1S/C13H19N3O3S/c1-4-5-18-8-13(2,14)12-15-11(19-16-12)10-6-9(17-3)7-20-10/h6-7H,4-5,8,14H2,1-3H3. The quantitative estimate of drug-likeness (QED) is 0.790. The van der Waals surface area contributed by atoms with Crippen LogP contribution in [0.3, 0.4) is 0 Å². The molecule has 0 amide bonds. The van der Waals surface area contributed by atoms with Gasteiger partial charge in [-0.3, -0.25) is 0 Å². The third kappa shape index (κ3) is 3.36. The molecule has 0 bridgehead atoms. The highest BCUT2D eigenvalue weighted by molar-refractivity contribution is 7.13. The molecule has 2 heterocycles. The van der Waals surface area contributed by atoms with Gasteiger partial charge in [-0.25, -0.2) is 0 Å². The van der Waals surface area contributed by atoms with Crippen molar-refractivity contribution in [2.45, 2.75) is 25.8 Å². The fourth-order valence-corrected chi connectivity index (χ4v) is 2.36. The van der Waals surface area contributed by atoms with Gasteiger partial charge in [0, 0.05) is 18.1 Å². The van der Waals surface area contributed by atoms with Gasteiger partial charge in [-0.05, 0) is 13.3 Å². The predicted octanol–water partition coefficient (Wildman–Crippen LogP) is 2.41. The fourth-order valence-electron chi connectivity index (χ4n) is 1.59. The van der Waals surface area contributed by atoms with Gasteiger partial charge in [0.05, 0.1) is 18.6 Å². The number of methoxy groups -OCH3 is 1. The number of nitrogens with zero attached hydrogens (tertiary/aromatic N) is 2. The van der Waals surface area contributed by atoms with Crippen molar-refractivity contribution < 1.29 is 14.0 Å². The van der Waals surface area contributed by atoms with E-state index in [-0.39, 0.29) is 0 Å². The minimum Gasteiger partial charge on any atom is -0.496 e. The van der Waals surface area contributed by atoms with Crippen LogP contribution in [0.4, 0.5) is 0 Å². The van der Waals surface area contributed by atoms with E-state index in [0.29, 0.717) is 24.9 Å². The topological polar surface area (TPSA) is 83.4 Å². The zero-order valence-electron chi connectivity index (χ0n) is 11.9. The maximum atomic E-state index is 6.17. The molecule has 0 radical (unpaired) electrons. The van der Waals surface area contributed by atoms with Gasteiger partial charge in [0.2, 0.25) is 0 Å². The van der Waals surface area contributed by atoms with E-state index in [2.05, 4.69) is 10.1 Å². The summed E-state index contributed by atoms with van der Waals surface area (Å²) in [5.41, 5.74) is 5.40. The summed E-state index contributed by atoms with van der Waals surface area (Å²) in [7, 11) is 1.62. The molecule has 7 heteroatoms. The van der Waals surface area contributed by atoms with E-state index in [9.17, 15) is 0 Å². The third-order valence-electron chi connectivity index (χ3n) is 2.71. The van der Waals surface area contributed by atoms with Gasteiger partial charge in [-0.1, -0.05) is 12.1 Å². The van der Waals surface area contributed by atoms with Gasteiger partial charge in [-0.15, -0.1) is 11.3 Å². The molecule has 0 saturated heterocycles. The van der Waals surface area contributed by atoms with E-state index in [1.807, 2.05) is 25.3 Å². The molecule has 110 valence electrons. The van der Waals surface area contributed by atoms with Crippen LogP contribution >= 0.6 is 11.3 Å². The number of ether oxygens (including phenoxy) is 2. The molecule has 0 spiro atoms. The summed E-state index contributed by atoms with van der Waals surface area (Å²) < 4.78 is 15.9. The predicted molar refractivity (Wildman–Crippen MR) is 76.8 cm³/mol. The molecule has 20 heavy (non-hydrogen) atoms. The molecule has 0 aliphatic carbocycles. The SMILES string of the molecule is CCCOCC(C)(N)c1noc(-c2cc(OC)cs2)n1. The number of nitrogens with two attached hydrogens (primary N) is 1. The summed E-state index contributed by atoms with van der Waals surface area (Å²) in [6, 6.07) is 1.85. The second-order valence-corrected chi connectivity index (χ2v) is 5.66. The molecule has 1 unspecified atom stereocenters. The second kappa shape index (κ2) is 6.34. The van der Waals surface area contributed by atoms with Gasteiger partial charge in [0.15, 0.2) is 5.82 Å². The van der Waals surface area contributed by atoms with Gasteiger partial charge in [0.25, 0.3) is 5.89 Å². The van der Waals surface area contributed by atoms with Crippen molar-refractivity contribution in [2.75, 3.05) is 20.3 Å². The maximum absolute atomic E-state index is 6.17. The second-order valence-electron chi connectivity index (χ2n) is 4.74. The Hall–Kier alpha value is -1.44. The summed E-state index contributed by atoms with van der Waals surface area (Å²) >= 11 is 1.48. The molecule has 2 rings (SSSR count). The molecule has 1 atom stereocenters. The van der Waals surface area contributed by atoms with Crippen LogP contribution < -0.4 is 10.5 Å². The van der Waals surface area contributed by atoms with Gasteiger partial charge < -0.3 is 19.7 Å². The minimum absolute atomic E-state index is 0.355. The monoisotopic (exact) mass is 297 g/mol. The average molecular weight is 297 g/mol. The molecule has 0 saturated carbocycles. The van der Waals surface area contributed by atoms with Crippen LogP contribution in [0.2, 0.25) is 0 Å². The largest absolute Gasteiger partial charge is 0.496 e. The van der Waals surface area contributed by atoms with Crippen molar-refractivity contribution in [2.24, 2.45) is 5.73 Å². The van der Waals surface area contributed by atoms with Crippen molar-refractivity contribution in [1.29, 1.82) is 0 Å². The number of hydrogen-bond donors (Lipinski definition) is 1. The van der Waals surface area contributed by atoms with Gasteiger partial charge in [0.1, 0.15) is 11.3 Å². The van der Waals surface area contributed by atoms with E-state index in [1.54, 1.807) is 7.11 Å². The molecule has 2 N–H and O–H groups in total. The Morgan fingerprint density at radius 1 is 1.50 bits per heavy atom. The highest BCUT2D eigenvalue weighted by Gasteiger charge is 2.28. The van der Waals surface area contributed by atoms with Crippen LogP contribution in [0, 0.1) is 0 Å². The Kier molecular flexibility index (Phi) is 4.74. The van der Waals surface area contributed by atoms with Crippen molar-refractivity contribution in [1.82, 2.24) is 10.1 Å². The van der Waals surface area contributed by atoms with Crippen LogP contribution in [0.25, 0.3) is 10.8 Å². The Morgan fingerprint density at radius 2 is 2.30 bits per heavy atom. The number of thiophene rings is 1. The van der Waals surface area contributed by atoms with E-state index in [4.69, 9.17) is 19.7 Å². The van der Waals surface area contributed by atoms with Crippen molar-refractivity contribution >= 4 is 11.3 Å². The normalized spacial score (nSPS) is 14.2. The summed E-state index contributed by atoms with van der Waals surface area (Å²) in [6.07, 6.45) is 0.947. The number of hydrogen-bond acceptors (Lipinski definition) is 7. The molecule has 0 aromatic carbocycles. The van der Waals surface area contributed by atoms with Crippen molar-refractivity contribution in [3.05, 3.63) is 17.3 Å². The Balaban J connectivity index is 2.11. The molecule has 2 aromatic rings. The first-order valence-electron chi connectivity index (χ1n) is 6.40. The first-order chi connectivity index (χ1) is 9.56.